The van der Waals surface area contributed by atoms with Crippen molar-refractivity contribution in [2.75, 3.05) is 6.79 Å². The summed E-state index contributed by atoms with van der Waals surface area (Å²) >= 11 is 0. The van der Waals surface area contributed by atoms with Crippen LogP contribution in [0.25, 0.3) is 0 Å². The molecule has 4 heteroatoms. The molecule has 0 saturated carbocycles. The molecular formula is C12H13NO3. The highest BCUT2D eigenvalue weighted by Crippen LogP contribution is 2.35. The number of hydrogen-bond donors (Lipinski definition) is 1. The zero-order chi connectivity index (χ0) is 11.4. The first-order valence-corrected chi connectivity index (χ1v) is 5.09. The number of allylic oxidation sites excluding steroid dienone is 1. The number of benzene rings is 1. The Hall–Kier alpha value is -1.97. The summed E-state index contributed by atoms with van der Waals surface area (Å²) in [6.45, 7) is 2.49. The summed E-state index contributed by atoms with van der Waals surface area (Å²) in [4.78, 5) is 11.2. The number of nitrogens with one attached hydrogen (secondary N) is 1. The molecular weight excluding hydrogens is 206 g/mol. The number of fused-ring (bicyclic) bond motifs is 1. The third-order valence-electron chi connectivity index (χ3n) is 2.25. The van der Waals surface area contributed by atoms with Crippen molar-refractivity contribution >= 4 is 5.91 Å². The van der Waals surface area contributed by atoms with E-state index >= 15 is 0 Å². The Bertz CT molecular complexity index is 426. The van der Waals surface area contributed by atoms with Gasteiger partial charge in [0.25, 0.3) is 0 Å². The lowest BCUT2D eigenvalue weighted by Gasteiger charge is -2.05. The van der Waals surface area contributed by atoms with E-state index in [2.05, 4.69) is 5.32 Å². The molecule has 84 valence electrons. The topological polar surface area (TPSA) is 47.6 Å². The van der Waals surface area contributed by atoms with Crippen molar-refractivity contribution in [3.63, 3.8) is 0 Å². The van der Waals surface area contributed by atoms with E-state index in [1.165, 1.54) is 6.08 Å². The van der Waals surface area contributed by atoms with Crippen LogP contribution in [-0.2, 0) is 11.3 Å². The molecule has 0 saturated heterocycles. The quantitative estimate of drug-likeness (QED) is 0.785. The third-order valence-corrected chi connectivity index (χ3v) is 2.25. The van der Waals surface area contributed by atoms with Crippen molar-refractivity contribution in [3.8, 4) is 11.5 Å². The Kier molecular flexibility index (Phi) is 3.10. The van der Waals surface area contributed by atoms with Gasteiger partial charge in [0, 0.05) is 12.1 Å². The fraction of sp³-hybridized carbons (Fsp3) is 0.250. The van der Waals surface area contributed by atoms with Crippen LogP contribution in [0.4, 0.5) is 0 Å². The molecule has 0 bridgehead atoms. The van der Waals surface area contributed by atoms with Crippen LogP contribution in [0, 0.1) is 0 Å². The molecule has 0 fully saturated rings. The summed E-state index contributed by atoms with van der Waals surface area (Å²) in [5.74, 6) is 1.35. The van der Waals surface area contributed by atoms with Crippen LogP contribution in [0.15, 0.2) is 30.4 Å². The van der Waals surface area contributed by atoms with E-state index in [1.807, 2.05) is 18.2 Å². The van der Waals surface area contributed by atoms with Gasteiger partial charge in [-0.2, -0.15) is 0 Å². The van der Waals surface area contributed by atoms with Gasteiger partial charge in [0.15, 0.2) is 11.5 Å². The molecule has 1 aromatic carbocycles. The van der Waals surface area contributed by atoms with Crippen molar-refractivity contribution in [2.24, 2.45) is 0 Å². The normalized spacial score (nSPS) is 13.1. The van der Waals surface area contributed by atoms with Gasteiger partial charge < -0.3 is 14.8 Å². The van der Waals surface area contributed by atoms with Gasteiger partial charge in [-0.25, -0.2) is 0 Å². The molecule has 0 aliphatic carbocycles. The molecule has 16 heavy (non-hydrogen) atoms. The predicted octanol–water partition coefficient (Wildman–Crippen LogP) is 1.61. The zero-order valence-corrected chi connectivity index (χ0v) is 9.03. The summed E-state index contributed by atoms with van der Waals surface area (Å²) in [6, 6.07) is 5.63. The summed E-state index contributed by atoms with van der Waals surface area (Å²) < 4.78 is 10.6. The molecule has 1 heterocycles. The Morgan fingerprint density at radius 3 is 3.19 bits per heavy atom. The summed E-state index contributed by atoms with van der Waals surface area (Å²) in [6.07, 6.45) is 3.19. The molecule has 1 amide bonds. The first-order valence-electron chi connectivity index (χ1n) is 5.09. The SMILES string of the molecule is CC=CC(=O)NCc1cccc2c1OCO2. The Morgan fingerprint density at radius 1 is 1.50 bits per heavy atom. The van der Waals surface area contributed by atoms with E-state index < -0.39 is 0 Å². The average molecular weight is 219 g/mol. The zero-order valence-electron chi connectivity index (χ0n) is 9.03. The van der Waals surface area contributed by atoms with Gasteiger partial charge in [-0.1, -0.05) is 18.2 Å². The number of para-hydroxylation sites is 1. The van der Waals surface area contributed by atoms with E-state index in [-0.39, 0.29) is 12.7 Å². The van der Waals surface area contributed by atoms with Crippen molar-refractivity contribution in [3.05, 3.63) is 35.9 Å². The van der Waals surface area contributed by atoms with Crippen LogP contribution in [0.3, 0.4) is 0 Å². The molecule has 1 aliphatic heterocycles. The van der Waals surface area contributed by atoms with Gasteiger partial charge in [0.05, 0.1) is 0 Å². The minimum atomic E-state index is -0.112. The van der Waals surface area contributed by atoms with Crippen molar-refractivity contribution in [1.29, 1.82) is 0 Å². The molecule has 2 rings (SSSR count). The average Bonchev–Trinajstić information content (AvgIpc) is 2.75. The molecule has 4 nitrogen and oxygen atoms in total. The fourth-order valence-corrected chi connectivity index (χ4v) is 1.52. The predicted molar refractivity (Wildman–Crippen MR) is 59.2 cm³/mol. The molecule has 0 unspecified atom stereocenters. The highest BCUT2D eigenvalue weighted by Gasteiger charge is 2.16. The number of ether oxygens (including phenoxy) is 2. The summed E-state index contributed by atoms with van der Waals surface area (Å²) in [5, 5.41) is 2.77. The van der Waals surface area contributed by atoms with Crippen LogP contribution < -0.4 is 14.8 Å². The van der Waals surface area contributed by atoms with Crippen molar-refractivity contribution < 1.29 is 14.3 Å². The first kappa shape index (κ1) is 10.5. The lowest BCUT2D eigenvalue weighted by Crippen LogP contribution is -2.20. The minimum Gasteiger partial charge on any atom is -0.454 e. The maximum absolute atomic E-state index is 11.2. The van der Waals surface area contributed by atoms with Gasteiger partial charge in [-0.3, -0.25) is 4.79 Å². The number of amides is 1. The Morgan fingerprint density at radius 2 is 2.38 bits per heavy atom. The number of hydrogen-bond acceptors (Lipinski definition) is 3. The van der Waals surface area contributed by atoms with Gasteiger partial charge in [-0.15, -0.1) is 0 Å². The summed E-state index contributed by atoms with van der Waals surface area (Å²) in [5.41, 5.74) is 0.924. The number of rotatable bonds is 3. The Balaban J connectivity index is 2.05. The van der Waals surface area contributed by atoms with Gasteiger partial charge >= 0.3 is 0 Å². The molecule has 0 radical (unpaired) electrons. The van der Waals surface area contributed by atoms with Gasteiger partial charge in [0.1, 0.15) is 0 Å². The number of carbonyl (C=O) groups is 1. The van der Waals surface area contributed by atoms with E-state index in [4.69, 9.17) is 9.47 Å². The highest BCUT2D eigenvalue weighted by atomic mass is 16.7. The first-order chi connectivity index (χ1) is 7.81. The second kappa shape index (κ2) is 4.70. The highest BCUT2D eigenvalue weighted by molar-refractivity contribution is 5.87. The number of carbonyl (C=O) groups excluding carboxylic acids is 1. The Labute approximate surface area is 93.9 Å². The molecule has 0 aromatic heterocycles. The maximum atomic E-state index is 11.2. The smallest absolute Gasteiger partial charge is 0.243 e. The standard InChI is InChI=1S/C12H13NO3/c1-2-4-11(14)13-7-9-5-3-6-10-12(9)16-8-15-10/h2-6H,7-8H2,1H3,(H,13,14). The maximum Gasteiger partial charge on any atom is 0.243 e. The van der Waals surface area contributed by atoms with E-state index in [0.717, 1.165) is 17.1 Å². The lowest BCUT2D eigenvalue weighted by atomic mass is 10.2. The second-order valence-corrected chi connectivity index (χ2v) is 3.37. The molecule has 0 atom stereocenters. The van der Waals surface area contributed by atoms with Crippen molar-refractivity contribution in [2.45, 2.75) is 13.5 Å². The molecule has 1 aliphatic rings. The van der Waals surface area contributed by atoms with Crippen molar-refractivity contribution in [1.82, 2.24) is 5.32 Å². The summed E-state index contributed by atoms with van der Waals surface area (Å²) in [7, 11) is 0. The molecule has 1 aromatic rings. The lowest BCUT2D eigenvalue weighted by molar-refractivity contribution is -0.116. The van der Waals surface area contributed by atoms with Crippen LogP contribution >= 0.6 is 0 Å². The van der Waals surface area contributed by atoms with E-state index in [9.17, 15) is 4.79 Å². The second-order valence-electron chi connectivity index (χ2n) is 3.37. The largest absolute Gasteiger partial charge is 0.454 e. The van der Waals surface area contributed by atoms with Crippen LogP contribution in [0.5, 0.6) is 11.5 Å². The van der Waals surface area contributed by atoms with E-state index in [0.29, 0.717) is 6.54 Å². The van der Waals surface area contributed by atoms with Crippen LogP contribution in [0.1, 0.15) is 12.5 Å². The van der Waals surface area contributed by atoms with Crippen LogP contribution in [0.2, 0.25) is 0 Å². The fourth-order valence-electron chi connectivity index (χ4n) is 1.52. The third kappa shape index (κ3) is 2.16. The van der Waals surface area contributed by atoms with Gasteiger partial charge in [-0.05, 0) is 19.1 Å². The monoisotopic (exact) mass is 219 g/mol. The van der Waals surface area contributed by atoms with E-state index in [1.54, 1.807) is 13.0 Å². The van der Waals surface area contributed by atoms with Crippen LogP contribution in [-0.4, -0.2) is 12.7 Å². The molecule has 1 N–H and O–H groups in total. The molecule has 0 spiro atoms. The minimum absolute atomic E-state index is 0.112. The van der Waals surface area contributed by atoms with Gasteiger partial charge in [0.2, 0.25) is 12.7 Å².